The molecular weight excluding hydrogens is 995 g/mol. The van der Waals surface area contributed by atoms with Gasteiger partial charge in [0.05, 0.1) is 25.4 Å². The van der Waals surface area contributed by atoms with E-state index < -0.39 is 12.1 Å². The van der Waals surface area contributed by atoms with Gasteiger partial charge in [0, 0.05) is 12.8 Å². The van der Waals surface area contributed by atoms with Crippen molar-refractivity contribution < 1.29 is 24.5 Å². The summed E-state index contributed by atoms with van der Waals surface area (Å²) in [5.41, 5.74) is 0. The van der Waals surface area contributed by atoms with Gasteiger partial charge in [-0.3, -0.25) is 9.59 Å². The molecule has 0 aliphatic carbocycles. The average Bonchev–Trinajstić information content (AvgIpc) is 3.47. The second kappa shape index (κ2) is 70.0. The number of esters is 1. The third-order valence-corrected chi connectivity index (χ3v) is 16.5. The highest BCUT2D eigenvalue weighted by atomic mass is 16.5. The van der Waals surface area contributed by atoms with E-state index in [1.807, 2.05) is 6.08 Å². The summed E-state index contributed by atoms with van der Waals surface area (Å²) >= 11 is 0. The van der Waals surface area contributed by atoms with E-state index in [2.05, 4.69) is 67.8 Å². The summed E-state index contributed by atoms with van der Waals surface area (Å²) < 4.78 is 5.47. The Morgan fingerprint density at radius 1 is 0.346 bits per heavy atom. The zero-order valence-corrected chi connectivity index (χ0v) is 54.3. The number of rotatable bonds is 67. The number of carbonyl (C=O) groups is 2. The number of ether oxygens (including phenoxy) is 1. The Hall–Kier alpha value is -2.44. The highest BCUT2D eigenvalue weighted by Gasteiger charge is 2.18. The Kier molecular flexibility index (Phi) is 67.9. The number of aliphatic hydroxyl groups is 2. The van der Waals surface area contributed by atoms with Crippen LogP contribution in [-0.4, -0.2) is 47.4 Å². The van der Waals surface area contributed by atoms with Crippen molar-refractivity contribution >= 4 is 11.9 Å². The maximum Gasteiger partial charge on any atom is 0.305 e. The summed E-state index contributed by atoms with van der Waals surface area (Å²) in [6.07, 6.45) is 93.1. The predicted octanol–water partition coefficient (Wildman–Crippen LogP) is 23.4. The van der Waals surface area contributed by atoms with Crippen LogP contribution in [0.5, 0.6) is 0 Å². The molecule has 1 amide bonds. The lowest BCUT2D eigenvalue weighted by molar-refractivity contribution is -0.143. The SMILES string of the molecule is CCC/C=C\C/C=C\CCCCCCCC(=O)OCCCCCCCCCCC/C=C\C/C=C\CCCCCCCCCCCCCCCCCCCC(=O)NC(CO)C(O)/C=C/CCCCCCCCCCCCCCCCCC. The molecule has 0 heterocycles. The number of carbonyl (C=O) groups excluding carboxylic acids is 2. The molecule has 0 aromatic rings. The maximum absolute atomic E-state index is 12.5. The van der Waals surface area contributed by atoms with Crippen LogP contribution in [0.1, 0.15) is 380 Å². The zero-order valence-electron chi connectivity index (χ0n) is 54.3. The molecule has 2 atom stereocenters. The topological polar surface area (TPSA) is 95.9 Å². The largest absolute Gasteiger partial charge is 0.466 e. The molecule has 0 aromatic carbocycles. The van der Waals surface area contributed by atoms with Gasteiger partial charge < -0.3 is 20.3 Å². The summed E-state index contributed by atoms with van der Waals surface area (Å²) in [7, 11) is 0. The molecular formula is C75H139NO5. The average molecular weight is 1130 g/mol. The van der Waals surface area contributed by atoms with Gasteiger partial charge in [0.15, 0.2) is 0 Å². The molecule has 0 bridgehead atoms. The molecule has 0 spiro atoms. The molecule has 0 aromatic heterocycles. The fourth-order valence-corrected chi connectivity index (χ4v) is 11.0. The van der Waals surface area contributed by atoms with Gasteiger partial charge in [-0.05, 0) is 89.9 Å². The highest BCUT2D eigenvalue weighted by molar-refractivity contribution is 5.76. The summed E-state index contributed by atoms with van der Waals surface area (Å²) in [6.45, 7) is 4.86. The van der Waals surface area contributed by atoms with E-state index in [0.717, 1.165) is 57.8 Å². The fourth-order valence-electron chi connectivity index (χ4n) is 11.0. The van der Waals surface area contributed by atoms with Gasteiger partial charge in [0.25, 0.3) is 0 Å². The van der Waals surface area contributed by atoms with E-state index in [-0.39, 0.29) is 18.5 Å². The Morgan fingerprint density at radius 2 is 0.642 bits per heavy atom. The van der Waals surface area contributed by atoms with E-state index in [1.165, 1.54) is 295 Å². The van der Waals surface area contributed by atoms with Crippen molar-refractivity contribution in [3.05, 3.63) is 60.8 Å². The standard InChI is InChI=1S/C75H139NO5/c1-3-5-7-9-11-13-15-17-18-19-37-40-44-47-51-55-59-63-67-73(78)72(71-77)76-74(79)68-64-60-56-52-48-45-41-38-35-33-31-29-27-25-23-21-20-22-24-26-28-30-32-34-36-39-42-46-50-54-58-62-66-70-81-75(80)69-65-61-57-53-49-43-16-14-12-10-8-6-4-2/h8,10,14,16,24,26,30,32,63,67,72-73,77-78H,3-7,9,11-13,15,17-23,25,27-29,31,33-62,64-66,68-71H2,1-2H3,(H,76,79)/b10-8-,16-14-,26-24-,32-30-,67-63+. The van der Waals surface area contributed by atoms with Crippen LogP contribution in [-0.2, 0) is 14.3 Å². The fraction of sp³-hybridized carbons (Fsp3) is 0.840. The van der Waals surface area contributed by atoms with E-state index in [9.17, 15) is 19.8 Å². The number of amides is 1. The first kappa shape index (κ1) is 78.6. The molecule has 0 saturated carbocycles. The Bertz CT molecular complexity index is 1400. The van der Waals surface area contributed by atoms with Gasteiger partial charge in [-0.1, -0.05) is 338 Å². The number of hydrogen-bond donors (Lipinski definition) is 3. The number of unbranched alkanes of at least 4 members (excludes halogenated alkanes) is 48. The lowest BCUT2D eigenvalue weighted by Crippen LogP contribution is -2.45. The monoisotopic (exact) mass is 1130 g/mol. The second-order valence-electron chi connectivity index (χ2n) is 24.6. The normalized spacial score (nSPS) is 12.9. The smallest absolute Gasteiger partial charge is 0.305 e. The van der Waals surface area contributed by atoms with Gasteiger partial charge in [0.1, 0.15) is 0 Å². The molecule has 0 fully saturated rings. The van der Waals surface area contributed by atoms with E-state index in [1.54, 1.807) is 6.08 Å². The van der Waals surface area contributed by atoms with Crippen molar-refractivity contribution in [1.82, 2.24) is 5.32 Å². The number of aliphatic hydroxyl groups excluding tert-OH is 2. The quantitative estimate of drug-likeness (QED) is 0.0320. The maximum atomic E-state index is 12.5. The van der Waals surface area contributed by atoms with Crippen molar-refractivity contribution in [2.75, 3.05) is 13.2 Å². The molecule has 6 heteroatoms. The van der Waals surface area contributed by atoms with Crippen molar-refractivity contribution in [2.24, 2.45) is 0 Å². The summed E-state index contributed by atoms with van der Waals surface area (Å²) in [6, 6.07) is -0.628. The molecule has 0 aliphatic rings. The first-order valence-electron chi connectivity index (χ1n) is 36.1. The number of allylic oxidation sites excluding steroid dienone is 9. The minimum Gasteiger partial charge on any atom is -0.466 e. The van der Waals surface area contributed by atoms with Crippen LogP contribution in [0.2, 0.25) is 0 Å². The van der Waals surface area contributed by atoms with Crippen LogP contribution >= 0.6 is 0 Å². The first-order chi connectivity index (χ1) is 40.0. The Morgan fingerprint density at radius 3 is 0.988 bits per heavy atom. The lowest BCUT2D eigenvalue weighted by Gasteiger charge is -2.20. The molecule has 474 valence electrons. The summed E-state index contributed by atoms with van der Waals surface area (Å²) in [5, 5.41) is 23.2. The van der Waals surface area contributed by atoms with Crippen LogP contribution in [0.15, 0.2) is 60.8 Å². The summed E-state index contributed by atoms with van der Waals surface area (Å²) in [5.74, 6) is -0.0653. The molecule has 2 unspecified atom stereocenters. The van der Waals surface area contributed by atoms with Gasteiger partial charge in [-0.2, -0.15) is 0 Å². The van der Waals surface area contributed by atoms with Crippen LogP contribution in [0.4, 0.5) is 0 Å². The second-order valence-corrected chi connectivity index (χ2v) is 24.6. The van der Waals surface area contributed by atoms with E-state index in [0.29, 0.717) is 19.4 Å². The molecule has 0 radical (unpaired) electrons. The van der Waals surface area contributed by atoms with Crippen LogP contribution in [0, 0.1) is 0 Å². The molecule has 0 rings (SSSR count). The lowest BCUT2D eigenvalue weighted by atomic mass is 10.0. The molecule has 3 N–H and O–H groups in total. The third-order valence-electron chi connectivity index (χ3n) is 16.5. The minimum atomic E-state index is -0.844. The summed E-state index contributed by atoms with van der Waals surface area (Å²) in [4.78, 5) is 24.5. The highest BCUT2D eigenvalue weighted by Crippen LogP contribution is 2.18. The molecule has 0 aliphatic heterocycles. The van der Waals surface area contributed by atoms with Crippen molar-refractivity contribution in [1.29, 1.82) is 0 Å². The number of nitrogens with one attached hydrogen (secondary N) is 1. The van der Waals surface area contributed by atoms with Crippen molar-refractivity contribution in [3.8, 4) is 0 Å². The van der Waals surface area contributed by atoms with Crippen molar-refractivity contribution in [3.63, 3.8) is 0 Å². The Labute approximate surface area is 505 Å². The van der Waals surface area contributed by atoms with Crippen molar-refractivity contribution in [2.45, 2.75) is 392 Å². The predicted molar refractivity (Wildman–Crippen MR) is 356 cm³/mol. The van der Waals surface area contributed by atoms with Gasteiger partial charge in [-0.15, -0.1) is 0 Å². The number of hydrogen-bond acceptors (Lipinski definition) is 5. The van der Waals surface area contributed by atoms with E-state index in [4.69, 9.17) is 4.74 Å². The zero-order chi connectivity index (χ0) is 58.5. The van der Waals surface area contributed by atoms with Crippen LogP contribution in [0.25, 0.3) is 0 Å². The first-order valence-corrected chi connectivity index (χ1v) is 36.1. The molecule has 0 saturated heterocycles. The molecule has 6 nitrogen and oxygen atoms in total. The van der Waals surface area contributed by atoms with Gasteiger partial charge >= 0.3 is 5.97 Å². The minimum absolute atomic E-state index is 0.00168. The van der Waals surface area contributed by atoms with Gasteiger partial charge in [0.2, 0.25) is 5.91 Å². The molecule has 81 heavy (non-hydrogen) atoms. The van der Waals surface area contributed by atoms with E-state index >= 15 is 0 Å². The van der Waals surface area contributed by atoms with Gasteiger partial charge in [-0.25, -0.2) is 0 Å². The third kappa shape index (κ3) is 66.6. The van der Waals surface area contributed by atoms with Crippen LogP contribution in [0.3, 0.4) is 0 Å². The van der Waals surface area contributed by atoms with Crippen LogP contribution < -0.4 is 5.32 Å². The Balaban J connectivity index is 3.41.